The smallest absolute Gasteiger partial charge is 0.0985 e. The number of aromatic nitrogens is 2. The molecule has 2 N–H and O–H groups in total. The van der Waals surface area contributed by atoms with Gasteiger partial charge in [-0.1, -0.05) is 24.3 Å². The van der Waals surface area contributed by atoms with Crippen LogP contribution in [0.2, 0.25) is 0 Å². The summed E-state index contributed by atoms with van der Waals surface area (Å²) < 4.78 is 8.08. The lowest BCUT2D eigenvalue weighted by molar-refractivity contribution is -0.0192. The largest absolute Gasteiger partial charge is 0.364 e. The normalized spacial score (nSPS) is 19.6. The van der Waals surface area contributed by atoms with Crippen LogP contribution in [0.1, 0.15) is 41.7 Å². The quantitative estimate of drug-likeness (QED) is 0.929. The average Bonchev–Trinajstić information content (AvgIpc) is 2.91. The van der Waals surface area contributed by atoms with Gasteiger partial charge in [-0.05, 0) is 30.4 Å². The van der Waals surface area contributed by atoms with E-state index in [2.05, 4.69) is 29.4 Å². The van der Waals surface area contributed by atoms with Gasteiger partial charge in [-0.15, -0.1) is 0 Å². The van der Waals surface area contributed by atoms with Crippen molar-refractivity contribution in [1.82, 2.24) is 9.78 Å². The molecule has 4 heteroatoms. The lowest BCUT2D eigenvalue weighted by Gasteiger charge is -2.29. The summed E-state index contributed by atoms with van der Waals surface area (Å²) in [6, 6.07) is 8.56. The zero-order chi connectivity index (χ0) is 13.9. The minimum absolute atomic E-state index is 0.0835. The van der Waals surface area contributed by atoms with Crippen molar-refractivity contribution in [2.45, 2.75) is 31.5 Å². The zero-order valence-corrected chi connectivity index (χ0v) is 11.8. The van der Waals surface area contributed by atoms with E-state index in [1.54, 1.807) is 4.68 Å². The van der Waals surface area contributed by atoms with Gasteiger partial charge in [0.2, 0.25) is 0 Å². The van der Waals surface area contributed by atoms with Crippen LogP contribution in [0.3, 0.4) is 0 Å². The number of nitrogens with zero attached hydrogens (tertiary/aromatic N) is 2. The zero-order valence-electron chi connectivity index (χ0n) is 11.8. The van der Waals surface area contributed by atoms with Crippen LogP contribution in [0.25, 0.3) is 0 Å². The molecule has 0 spiro atoms. The van der Waals surface area contributed by atoms with Gasteiger partial charge in [0.15, 0.2) is 0 Å². The minimum Gasteiger partial charge on any atom is -0.364 e. The summed E-state index contributed by atoms with van der Waals surface area (Å²) in [4.78, 5) is 0. The molecule has 3 rings (SSSR count). The van der Waals surface area contributed by atoms with Crippen molar-refractivity contribution in [3.05, 3.63) is 53.3 Å². The fraction of sp³-hybridized carbons (Fsp3) is 0.438. The first kappa shape index (κ1) is 13.3. The third-order valence-corrected chi connectivity index (χ3v) is 3.95. The first-order valence-electron chi connectivity index (χ1n) is 7.20. The van der Waals surface area contributed by atoms with Crippen LogP contribution in [-0.4, -0.2) is 16.3 Å². The number of aryl methyl sites for hydroxylation is 2. The third kappa shape index (κ3) is 2.62. The molecular formula is C16H21N3O. The summed E-state index contributed by atoms with van der Waals surface area (Å²) in [5, 5.41) is 4.20. The average molecular weight is 271 g/mol. The molecule has 0 bridgehead atoms. The minimum atomic E-state index is -0.0835. The summed E-state index contributed by atoms with van der Waals surface area (Å²) >= 11 is 0. The van der Waals surface area contributed by atoms with Crippen molar-refractivity contribution in [3.63, 3.8) is 0 Å². The van der Waals surface area contributed by atoms with E-state index in [1.807, 2.05) is 19.4 Å². The van der Waals surface area contributed by atoms with E-state index in [-0.39, 0.29) is 12.2 Å². The molecule has 0 fully saturated rings. The van der Waals surface area contributed by atoms with Gasteiger partial charge >= 0.3 is 0 Å². The molecule has 106 valence electrons. The summed E-state index contributed by atoms with van der Waals surface area (Å²) in [6.45, 7) is 0.477. The second-order valence-corrected chi connectivity index (χ2v) is 5.39. The molecule has 0 aliphatic heterocycles. The Morgan fingerprint density at radius 3 is 3.05 bits per heavy atom. The summed E-state index contributed by atoms with van der Waals surface area (Å²) in [5.74, 6) is 0. The lowest BCUT2D eigenvalue weighted by Crippen LogP contribution is -2.21. The van der Waals surface area contributed by atoms with E-state index in [4.69, 9.17) is 10.5 Å². The molecule has 1 aromatic carbocycles. The van der Waals surface area contributed by atoms with E-state index in [9.17, 15) is 0 Å². The number of benzene rings is 1. The van der Waals surface area contributed by atoms with Crippen molar-refractivity contribution in [2.24, 2.45) is 12.8 Å². The van der Waals surface area contributed by atoms with Gasteiger partial charge in [0.25, 0.3) is 0 Å². The Morgan fingerprint density at radius 1 is 1.45 bits per heavy atom. The highest BCUT2D eigenvalue weighted by molar-refractivity contribution is 5.31. The van der Waals surface area contributed by atoms with Gasteiger partial charge < -0.3 is 10.5 Å². The van der Waals surface area contributed by atoms with Crippen molar-refractivity contribution in [3.8, 4) is 0 Å². The topological polar surface area (TPSA) is 53.1 Å². The maximum Gasteiger partial charge on any atom is 0.0985 e. The first-order valence-corrected chi connectivity index (χ1v) is 7.20. The predicted molar refractivity (Wildman–Crippen MR) is 78.2 cm³/mol. The van der Waals surface area contributed by atoms with Crippen molar-refractivity contribution in [1.29, 1.82) is 0 Å². The Balaban J connectivity index is 1.80. The number of ether oxygens (including phenoxy) is 1. The highest BCUT2D eigenvalue weighted by Crippen LogP contribution is 2.35. The van der Waals surface area contributed by atoms with E-state index >= 15 is 0 Å². The molecule has 1 heterocycles. The molecular weight excluding hydrogens is 250 g/mol. The maximum absolute atomic E-state index is 6.29. The Hall–Kier alpha value is -1.65. The Bertz CT molecular complexity index is 579. The molecule has 0 saturated carbocycles. The Kier molecular flexibility index (Phi) is 3.85. The van der Waals surface area contributed by atoms with Gasteiger partial charge in [0, 0.05) is 25.4 Å². The molecule has 0 amide bonds. The van der Waals surface area contributed by atoms with E-state index in [1.165, 1.54) is 17.5 Å². The van der Waals surface area contributed by atoms with Crippen LogP contribution < -0.4 is 5.73 Å². The third-order valence-electron chi connectivity index (χ3n) is 3.95. The van der Waals surface area contributed by atoms with E-state index in [0.29, 0.717) is 6.54 Å². The standard InChI is InChI=1S/C16H21N3O/c1-19-11-13(10-18-19)16(9-17)20-15-8-4-6-12-5-2-3-7-14(12)15/h2-3,5,7,10-11,15-16H,4,6,8-9,17H2,1H3. The molecule has 1 aliphatic carbocycles. The summed E-state index contributed by atoms with van der Waals surface area (Å²) in [5.41, 5.74) is 9.67. The Labute approximate surface area is 119 Å². The van der Waals surface area contributed by atoms with Gasteiger partial charge in [0.1, 0.15) is 0 Å². The number of hydrogen-bond acceptors (Lipinski definition) is 3. The highest BCUT2D eigenvalue weighted by Gasteiger charge is 2.24. The van der Waals surface area contributed by atoms with Crippen molar-refractivity contribution < 1.29 is 4.74 Å². The molecule has 4 nitrogen and oxygen atoms in total. The Morgan fingerprint density at radius 2 is 2.30 bits per heavy atom. The molecule has 2 aromatic rings. The molecule has 0 saturated heterocycles. The summed E-state index contributed by atoms with van der Waals surface area (Å²) in [6.07, 6.45) is 7.27. The van der Waals surface area contributed by atoms with Crippen LogP contribution in [0.15, 0.2) is 36.7 Å². The predicted octanol–water partition coefficient (Wildman–Crippen LogP) is 2.51. The molecule has 1 aliphatic rings. The lowest BCUT2D eigenvalue weighted by atomic mass is 9.89. The number of fused-ring (bicyclic) bond motifs is 1. The highest BCUT2D eigenvalue weighted by atomic mass is 16.5. The molecule has 0 radical (unpaired) electrons. The monoisotopic (exact) mass is 271 g/mol. The number of rotatable bonds is 4. The van der Waals surface area contributed by atoms with Crippen molar-refractivity contribution in [2.75, 3.05) is 6.54 Å². The van der Waals surface area contributed by atoms with Crippen LogP contribution in [0.4, 0.5) is 0 Å². The number of nitrogens with two attached hydrogens (primary N) is 1. The van der Waals surface area contributed by atoms with Gasteiger partial charge in [0.05, 0.1) is 18.4 Å². The SMILES string of the molecule is Cn1cc(C(CN)OC2CCCc3ccccc32)cn1. The second-order valence-electron chi connectivity index (χ2n) is 5.39. The number of hydrogen-bond donors (Lipinski definition) is 1. The van der Waals surface area contributed by atoms with Crippen molar-refractivity contribution >= 4 is 0 Å². The molecule has 20 heavy (non-hydrogen) atoms. The fourth-order valence-corrected chi connectivity index (χ4v) is 2.93. The fourth-order valence-electron chi connectivity index (χ4n) is 2.93. The van der Waals surface area contributed by atoms with Crippen LogP contribution in [0.5, 0.6) is 0 Å². The maximum atomic E-state index is 6.29. The molecule has 2 atom stereocenters. The van der Waals surface area contributed by atoms with Gasteiger partial charge in [-0.3, -0.25) is 4.68 Å². The van der Waals surface area contributed by atoms with Gasteiger partial charge in [-0.2, -0.15) is 5.10 Å². The van der Waals surface area contributed by atoms with Crippen LogP contribution in [-0.2, 0) is 18.2 Å². The van der Waals surface area contributed by atoms with Crippen LogP contribution >= 0.6 is 0 Å². The second kappa shape index (κ2) is 5.77. The van der Waals surface area contributed by atoms with E-state index < -0.39 is 0 Å². The molecule has 1 aromatic heterocycles. The first-order chi connectivity index (χ1) is 9.78. The summed E-state index contributed by atoms with van der Waals surface area (Å²) in [7, 11) is 1.91. The van der Waals surface area contributed by atoms with Crippen LogP contribution in [0, 0.1) is 0 Å². The van der Waals surface area contributed by atoms with E-state index in [0.717, 1.165) is 18.4 Å². The van der Waals surface area contributed by atoms with Gasteiger partial charge in [-0.25, -0.2) is 0 Å². The molecule has 2 unspecified atom stereocenters.